The molecular formula is C25H34O3. The Balaban J connectivity index is 2.08. The molecule has 0 heterocycles. The highest BCUT2D eigenvalue weighted by molar-refractivity contribution is 5.78. The molecule has 0 unspecified atom stereocenters. The monoisotopic (exact) mass is 382 g/mol. The Morgan fingerprint density at radius 1 is 0.750 bits per heavy atom. The molecule has 0 aliphatic carbocycles. The number of carbonyl (C=O) groups is 1. The maximum Gasteiger partial charge on any atom is 0.150 e. The second-order valence-corrected chi connectivity index (χ2v) is 7.22. The molecule has 0 aliphatic rings. The molecule has 0 saturated heterocycles. The smallest absolute Gasteiger partial charge is 0.150 e. The summed E-state index contributed by atoms with van der Waals surface area (Å²) in [4.78, 5) is 10.9. The zero-order valence-electron chi connectivity index (χ0n) is 17.4. The van der Waals surface area contributed by atoms with Gasteiger partial charge in [-0.2, -0.15) is 0 Å². The number of aldehydes is 1. The molecule has 2 rings (SSSR count). The van der Waals surface area contributed by atoms with E-state index >= 15 is 0 Å². The lowest BCUT2D eigenvalue weighted by Crippen LogP contribution is -2.01. The largest absolute Gasteiger partial charge is 0.493 e. The van der Waals surface area contributed by atoms with E-state index in [0.29, 0.717) is 12.2 Å². The Bertz CT molecular complexity index is 691. The Morgan fingerprint density at radius 3 is 2.00 bits per heavy atom. The van der Waals surface area contributed by atoms with Gasteiger partial charge >= 0.3 is 0 Å². The molecule has 0 spiro atoms. The summed E-state index contributed by atoms with van der Waals surface area (Å²) >= 11 is 0. The van der Waals surface area contributed by atoms with Crippen LogP contribution in [0.1, 0.15) is 75.6 Å². The summed E-state index contributed by atoms with van der Waals surface area (Å²) in [6, 6.07) is 13.7. The zero-order chi connectivity index (χ0) is 20.0. The summed E-state index contributed by atoms with van der Waals surface area (Å²) in [6.45, 7) is 5.87. The van der Waals surface area contributed by atoms with Gasteiger partial charge in [0.05, 0.1) is 13.2 Å². The third-order valence-electron chi connectivity index (χ3n) is 4.83. The van der Waals surface area contributed by atoms with Crippen molar-refractivity contribution >= 4 is 6.29 Å². The number of benzene rings is 2. The minimum Gasteiger partial charge on any atom is -0.493 e. The summed E-state index contributed by atoms with van der Waals surface area (Å²) in [5.41, 5.74) is 2.76. The van der Waals surface area contributed by atoms with Crippen molar-refractivity contribution in [2.45, 2.75) is 65.2 Å². The van der Waals surface area contributed by atoms with Crippen LogP contribution in [0.15, 0.2) is 42.5 Å². The molecule has 0 aliphatic heterocycles. The van der Waals surface area contributed by atoms with E-state index in [0.717, 1.165) is 48.4 Å². The van der Waals surface area contributed by atoms with Gasteiger partial charge in [0.15, 0.2) is 0 Å². The maximum atomic E-state index is 10.9. The van der Waals surface area contributed by atoms with E-state index in [4.69, 9.17) is 9.47 Å². The van der Waals surface area contributed by atoms with Gasteiger partial charge < -0.3 is 9.47 Å². The van der Waals surface area contributed by atoms with Crippen LogP contribution in [-0.2, 0) is 0 Å². The van der Waals surface area contributed by atoms with Crippen LogP contribution in [-0.4, -0.2) is 19.5 Å². The van der Waals surface area contributed by atoms with E-state index in [2.05, 4.69) is 19.9 Å². The predicted molar refractivity (Wildman–Crippen MR) is 117 cm³/mol. The summed E-state index contributed by atoms with van der Waals surface area (Å²) in [7, 11) is 0. The highest BCUT2D eigenvalue weighted by atomic mass is 16.5. The van der Waals surface area contributed by atoms with Crippen molar-refractivity contribution < 1.29 is 14.3 Å². The van der Waals surface area contributed by atoms with E-state index in [1.165, 1.54) is 38.5 Å². The molecule has 3 heteroatoms. The second-order valence-electron chi connectivity index (χ2n) is 7.22. The Hall–Kier alpha value is -2.29. The number of rotatable bonds is 14. The predicted octanol–water partition coefficient (Wildman–Crippen LogP) is 7.08. The quantitative estimate of drug-likeness (QED) is 0.258. The van der Waals surface area contributed by atoms with Crippen molar-refractivity contribution in [3.05, 3.63) is 48.0 Å². The third kappa shape index (κ3) is 7.38. The standard InChI is InChI=1S/C25H34O3/c1-3-5-7-9-17-27-23-15-16-24(22-13-11-21(20-26)12-14-22)25(19-23)28-18-10-8-6-4-2/h11-16,19-20H,3-10,17-18H2,1-2H3. The van der Waals surface area contributed by atoms with Gasteiger partial charge in [-0.15, -0.1) is 0 Å². The molecule has 0 aromatic heterocycles. The van der Waals surface area contributed by atoms with Crippen molar-refractivity contribution in [1.29, 1.82) is 0 Å². The molecule has 2 aromatic rings. The molecular weight excluding hydrogens is 348 g/mol. The first-order valence-electron chi connectivity index (χ1n) is 10.7. The Morgan fingerprint density at radius 2 is 1.39 bits per heavy atom. The second kappa shape index (κ2) is 13.0. The molecule has 0 amide bonds. The summed E-state index contributed by atoms with van der Waals surface area (Å²) in [6.07, 6.45) is 10.3. The Labute approximate surface area is 170 Å². The van der Waals surface area contributed by atoms with Crippen LogP contribution in [0, 0.1) is 0 Å². The van der Waals surface area contributed by atoms with Crippen molar-refractivity contribution in [2.24, 2.45) is 0 Å². The van der Waals surface area contributed by atoms with E-state index in [1.54, 1.807) is 0 Å². The van der Waals surface area contributed by atoms with Crippen LogP contribution in [0.2, 0.25) is 0 Å². The highest BCUT2D eigenvalue weighted by Crippen LogP contribution is 2.34. The number of ether oxygens (including phenoxy) is 2. The van der Waals surface area contributed by atoms with Crippen molar-refractivity contribution in [3.63, 3.8) is 0 Å². The van der Waals surface area contributed by atoms with Gasteiger partial charge in [-0.25, -0.2) is 0 Å². The maximum absolute atomic E-state index is 10.9. The molecule has 0 radical (unpaired) electrons. The van der Waals surface area contributed by atoms with Crippen LogP contribution < -0.4 is 9.47 Å². The van der Waals surface area contributed by atoms with E-state index in [9.17, 15) is 4.79 Å². The Kier molecular flexibility index (Phi) is 10.2. The van der Waals surface area contributed by atoms with Crippen LogP contribution in [0.5, 0.6) is 11.5 Å². The SMILES string of the molecule is CCCCCCOc1ccc(-c2ccc(C=O)cc2)c(OCCCCCC)c1. The minimum absolute atomic E-state index is 0.679. The lowest BCUT2D eigenvalue weighted by molar-refractivity contribution is 0.112. The van der Waals surface area contributed by atoms with E-state index in [-0.39, 0.29) is 0 Å². The fourth-order valence-electron chi connectivity index (χ4n) is 3.12. The molecule has 0 atom stereocenters. The first-order chi connectivity index (χ1) is 13.8. The summed E-state index contributed by atoms with van der Waals surface area (Å²) in [5.74, 6) is 1.70. The van der Waals surface area contributed by atoms with Gasteiger partial charge in [0, 0.05) is 17.2 Å². The fraction of sp³-hybridized carbons (Fsp3) is 0.480. The van der Waals surface area contributed by atoms with Crippen LogP contribution >= 0.6 is 0 Å². The van der Waals surface area contributed by atoms with E-state index < -0.39 is 0 Å². The van der Waals surface area contributed by atoms with Crippen molar-refractivity contribution in [2.75, 3.05) is 13.2 Å². The number of hydrogen-bond donors (Lipinski definition) is 0. The number of hydrogen-bond acceptors (Lipinski definition) is 3. The van der Waals surface area contributed by atoms with Crippen LogP contribution in [0.25, 0.3) is 11.1 Å². The topological polar surface area (TPSA) is 35.5 Å². The van der Waals surface area contributed by atoms with Crippen LogP contribution in [0.4, 0.5) is 0 Å². The molecule has 0 saturated carbocycles. The highest BCUT2D eigenvalue weighted by Gasteiger charge is 2.09. The normalized spacial score (nSPS) is 10.6. The first-order valence-corrected chi connectivity index (χ1v) is 10.7. The van der Waals surface area contributed by atoms with Crippen LogP contribution in [0.3, 0.4) is 0 Å². The average Bonchev–Trinajstić information content (AvgIpc) is 2.74. The van der Waals surface area contributed by atoms with Crippen molar-refractivity contribution in [1.82, 2.24) is 0 Å². The average molecular weight is 383 g/mol. The molecule has 2 aromatic carbocycles. The number of unbranched alkanes of at least 4 members (excludes halogenated alkanes) is 6. The fourth-order valence-corrected chi connectivity index (χ4v) is 3.12. The molecule has 0 bridgehead atoms. The van der Waals surface area contributed by atoms with Gasteiger partial charge in [-0.05, 0) is 30.5 Å². The minimum atomic E-state index is 0.679. The van der Waals surface area contributed by atoms with Gasteiger partial charge in [-0.3, -0.25) is 4.79 Å². The van der Waals surface area contributed by atoms with Gasteiger partial charge in [0.2, 0.25) is 0 Å². The van der Waals surface area contributed by atoms with Gasteiger partial charge in [-0.1, -0.05) is 76.6 Å². The number of carbonyl (C=O) groups excluding carboxylic acids is 1. The molecule has 0 fully saturated rings. The lowest BCUT2D eigenvalue weighted by atomic mass is 10.0. The lowest BCUT2D eigenvalue weighted by Gasteiger charge is -2.14. The molecule has 152 valence electrons. The summed E-state index contributed by atoms with van der Waals surface area (Å²) < 4.78 is 12.1. The van der Waals surface area contributed by atoms with E-state index in [1.807, 2.05) is 36.4 Å². The van der Waals surface area contributed by atoms with Crippen molar-refractivity contribution in [3.8, 4) is 22.6 Å². The third-order valence-corrected chi connectivity index (χ3v) is 4.83. The molecule has 28 heavy (non-hydrogen) atoms. The van der Waals surface area contributed by atoms with Gasteiger partial charge in [0.1, 0.15) is 17.8 Å². The zero-order valence-corrected chi connectivity index (χ0v) is 17.4. The molecule has 3 nitrogen and oxygen atoms in total. The van der Waals surface area contributed by atoms with Gasteiger partial charge in [0.25, 0.3) is 0 Å². The first kappa shape index (κ1) is 22.0. The molecule has 0 N–H and O–H groups in total. The summed E-state index contributed by atoms with van der Waals surface area (Å²) in [5, 5.41) is 0.